The average molecular weight is 202 g/mol. The first-order valence-electron chi connectivity index (χ1n) is 4.71. The molecule has 1 aliphatic heterocycles. The van der Waals surface area contributed by atoms with Crippen LogP contribution in [0.5, 0.6) is 0 Å². The van der Waals surface area contributed by atoms with Crippen LogP contribution < -0.4 is 0 Å². The number of hydrogen-bond acceptors (Lipinski definition) is 2. The van der Waals surface area contributed by atoms with Gasteiger partial charge in [-0.3, -0.25) is 0 Å². The number of aromatic nitrogens is 2. The molecular formula is C9H12F2N2O. The van der Waals surface area contributed by atoms with Gasteiger partial charge in [-0.1, -0.05) is 0 Å². The highest BCUT2D eigenvalue weighted by Crippen LogP contribution is 2.27. The summed E-state index contributed by atoms with van der Waals surface area (Å²) in [5.41, 5.74) is 0.755. The van der Waals surface area contributed by atoms with Gasteiger partial charge in [0.1, 0.15) is 0 Å². The Hall–Kier alpha value is -0.970. The minimum atomic E-state index is -2.56. The largest absolute Gasteiger partial charge is 0.373 e. The fourth-order valence-corrected chi connectivity index (χ4v) is 1.63. The summed E-state index contributed by atoms with van der Waals surface area (Å²) in [6, 6.07) is 0. The summed E-state index contributed by atoms with van der Waals surface area (Å²) >= 11 is 0. The molecule has 2 heterocycles. The first kappa shape index (κ1) is 9.58. The van der Waals surface area contributed by atoms with Crippen molar-refractivity contribution in [2.24, 2.45) is 0 Å². The van der Waals surface area contributed by atoms with Crippen molar-refractivity contribution >= 4 is 0 Å². The van der Waals surface area contributed by atoms with E-state index in [1.807, 2.05) is 0 Å². The lowest BCUT2D eigenvalue weighted by atomic mass is 10.0. The number of halogens is 2. The van der Waals surface area contributed by atoms with Crippen LogP contribution >= 0.6 is 0 Å². The van der Waals surface area contributed by atoms with Gasteiger partial charge in [0, 0.05) is 18.4 Å². The summed E-state index contributed by atoms with van der Waals surface area (Å²) in [5, 5.41) is 3.58. The van der Waals surface area contributed by atoms with Crippen molar-refractivity contribution in [2.45, 2.75) is 31.9 Å². The minimum Gasteiger partial charge on any atom is -0.373 e. The Labute approximate surface area is 80.7 Å². The highest BCUT2D eigenvalue weighted by atomic mass is 19.3. The maximum Gasteiger partial charge on any atom is 0.333 e. The van der Waals surface area contributed by atoms with Crippen LogP contribution in [0.2, 0.25) is 0 Å². The van der Waals surface area contributed by atoms with Gasteiger partial charge in [0.15, 0.2) is 0 Å². The van der Waals surface area contributed by atoms with Crippen LogP contribution in [0.15, 0.2) is 12.4 Å². The van der Waals surface area contributed by atoms with Gasteiger partial charge in [0.2, 0.25) is 0 Å². The van der Waals surface area contributed by atoms with Crippen molar-refractivity contribution < 1.29 is 13.5 Å². The van der Waals surface area contributed by atoms with Crippen LogP contribution in [-0.2, 0) is 4.74 Å². The van der Waals surface area contributed by atoms with E-state index in [1.165, 1.54) is 12.4 Å². The van der Waals surface area contributed by atoms with Crippen LogP contribution in [0.4, 0.5) is 8.78 Å². The Morgan fingerprint density at radius 3 is 2.93 bits per heavy atom. The second-order valence-electron chi connectivity index (χ2n) is 3.39. The van der Waals surface area contributed by atoms with E-state index >= 15 is 0 Å². The Kier molecular flexibility index (Phi) is 2.77. The van der Waals surface area contributed by atoms with Crippen molar-refractivity contribution in [3.8, 4) is 0 Å². The molecule has 0 N–H and O–H groups in total. The van der Waals surface area contributed by atoms with Gasteiger partial charge < -0.3 is 4.74 Å². The molecule has 1 fully saturated rings. The zero-order chi connectivity index (χ0) is 9.97. The van der Waals surface area contributed by atoms with E-state index in [4.69, 9.17) is 4.74 Å². The molecule has 2 rings (SSSR count). The van der Waals surface area contributed by atoms with E-state index in [0.717, 1.165) is 24.8 Å². The fourth-order valence-electron chi connectivity index (χ4n) is 1.63. The minimum absolute atomic E-state index is 0.0451. The van der Waals surface area contributed by atoms with Crippen LogP contribution in [0, 0.1) is 0 Å². The van der Waals surface area contributed by atoms with E-state index in [1.54, 1.807) is 0 Å². The molecule has 1 saturated heterocycles. The number of rotatable bonds is 2. The van der Waals surface area contributed by atoms with Crippen molar-refractivity contribution in [3.05, 3.63) is 18.0 Å². The molecule has 1 aromatic rings. The smallest absolute Gasteiger partial charge is 0.333 e. The van der Waals surface area contributed by atoms with Gasteiger partial charge in [-0.25, -0.2) is 4.68 Å². The molecule has 1 aliphatic rings. The third-order valence-corrected chi connectivity index (χ3v) is 2.37. The summed E-state index contributed by atoms with van der Waals surface area (Å²) in [6.07, 6.45) is 5.82. The summed E-state index contributed by atoms with van der Waals surface area (Å²) < 4.78 is 30.5. The Morgan fingerprint density at radius 2 is 2.36 bits per heavy atom. The molecule has 0 spiro atoms. The third-order valence-electron chi connectivity index (χ3n) is 2.37. The average Bonchev–Trinajstić information content (AvgIpc) is 2.68. The SMILES string of the molecule is FC(F)n1cc([C@H]2CCCCO2)cn1. The molecular weight excluding hydrogens is 190 g/mol. The lowest BCUT2D eigenvalue weighted by Gasteiger charge is -2.21. The van der Waals surface area contributed by atoms with E-state index < -0.39 is 6.55 Å². The molecule has 14 heavy (non-hydrogen) atoms. The fraction of sp³-hybridized carbons (Fsp3) is 0.667. The predicted octanol–water partition coefficient (Wildman–Crippen LogP) is 2.52. The van der Waals surface area contributed by atoms with Crippen LogP contribution in [-0.4, -0.2) is 16.4 Å². The van der Waals surface area contributed by atoms with Crippen molar-refractivity contribution in [3.63, 3.8) is 0 Å². The first-order valence-corrected chi connectivity index (χ1v) is 4.71. The van der Waals surface area contributed by atoms with Crippen LogP contribution in [0.25, 0.3) is 0 Å². The molecule has 3 nitrogen and oxygen atoms in total. The van der Waals surface area contributed by atoms with Gasteiger partial charge in [0.25, 0.3) is 0 Å². The third kappa shape index (κ3) is 1.92. The van der Waals surface area contributed by atoms with Gasteiger partial charge in [-0.05, 0) is 19.3 Å². The molecule has 0 amide bonds. The molecule has 0 bridgehead atoms. The van der Waals surface area contributed by atoms with E-state index in [2.05, 4.69) is 5.10 Å². The molecule has 1 aromatic heterocycles. The second-order valence-corrected chi connectivity index (χ2v) is 3.39. The first-order chi connectivity index (χ1) is 6.77. The number of hydrogen-bond donors (Lipinski definition) is 0. The lowest BCUT2D eigenvalue weighted by molar-refractivity contribution is 0.0143. The van der Waals surface area contributed by atoms with E-state index in [0.29, 0.717) is 11.3 Å². The maximum absolute atomic E-state index is 12.2. The van der Waals surface area contributed by atoms with Gasteiger partial charge in [-0.15, -0.1) is 0 Å². The molecule has 78 valence electrons. The molecule has 0 aliphatic carbocycles. The second kappa shape index (κ2) is 4.04. The Bertz CT molecular complexity index is 295. The summed E-state index contributed by atoms with van der Waals surface area (Å²) in [5.74, 6) is 0. The van der Waals surface area contributed by atoms with Crippen molar-refractivity contribution in [1.82, 2.24) is 9.78 Å². The highest BCUT2D eigenvalue weighted by Gasteiger charge is 2.18. The topological polar surface area (TPSA) is 27.1 Å². The van der Waals surface area contributed by atoms with Gasteiger partial charge in [0.05, 0.1) is 12.3 Å². The molecule has 1 atom stereocenters. The lowest BCUT2D eigenvalue weighted by Crippen LogP contribution is -2.10. The van der Waals surface area contributed by atoms with Crippen molar-refractivity contribution in [2.75, 3.05) is 6.61 Å². The Balaban J connectivity index is 2.07. The normalized spacial score (nSPS) is 22.9. The molecule has 5 heteroatoms. The number of nitrogens with zero attached hydrogens (tertiary/aromatic N) is 2. The quantitative estimate of drug-likeness (QED) is 0.736. The summed E-state index contributed by atoms with van der Waals surface area (Å²) in [7, 11) is 0. The maximum atomic E-state index is 12.2. The molecule has 0 saturated carbocycles. The summed E-state index contributed by atoms with van der Waals surface area (Å²) in [4.78, 5) is 0. The van der Waals surface area contributed by atoms with Crippen LogP contribution in [0.3, 0.4) is 0 Å². The molecule has 0 radical (unpaired) electrons. The number of alkyl halides is 2. The molecule has 0 aromatic carbocycles. The highest BCUT2D eigenvalue weighted by molar-refractivity contribution is 5.08. The Morgan fingerprint density at radius 1 is 1.50 bits per heavy atom. The van der Waals surface area contributed by atoms with Gasteiger partial charge in [-0.2, -0.15) is 13.9 Å². The van der Waals surface area contributed by atoms with Crippen molar-refractivity contribution in [1.29, 1.82) is 0 Å². The standard InChI is InChI=1S/C9H12F2N2O/c10-9(11)13-6-7(5-12-13)8-3-1-2-4-14-8/h5-6,8-9H,1-4H2/t8-/m1/s1. The predicted molar refractivity (Wildman–Crippen MR) is 46.0 cm³/mol. The van der Waals surface area contributed by atoms with Gasteiger partial charge >= 0.3 is 6.55 Å². The number of ether oxygens (including phenoxy) is 1. The van der Waals surface area contributed by atoms with E-state index in [9.17, 15) is 8.78 Å². The monoisotopic (exact) mass is 202 g/mol. The zero-order valence-electron chi connectivity index (χ0n) is 7.70. The molecule has 0 unspecified atom stereocenters. The van der Waals surface area contributed by atoms with E-state index in [-0.39, 0.29) is 6.10 Å². The van der Waals surface area contributed by atoms with Crippen LogP contribution in [0.1, 0.15) is 37.5 Å². The summed E-state index contributed by atoms with van der Waals surface area (Å²) in [6.45, 7) is -1.85. The zero-order valence-corrected chi connectivity index (χ0v) is 7.70.